The minimum Gasteiger partial charge on any atom is -0.366 e. The van der Waals surface area contributed by atoms with Crippen molar-refractivity contribution in [2.24, 2.45) is 0 Å². The summed E-state index contributed by atoms with van der Waals surface area (Å²) >= 11 is 5.14. The molecule has 80 valence electrons. The molecule has 0 heterocycles. The summed E-state index contributed by atoms with van der Waals surface area (Å²) in [6.45, 7) is 0. The third kappa shape index (κ3) is 2.29. The van der Waals surface area contributed by atoms with Gasteiger partial charge in [0.05, 0.1) is 6.04 Å². The van der Waals surface area contributed by atoms with Crippen LogP contribution in [0.5, 0.6) is 0 Å². The highest BCUT2D eigenvalue weighted by Crippen LogP contribution is 2.29. The van der Waals surface area contributed by atoms with Crippen LogP contribution < -0.4 is 10.6 Å². The van der Waals surface area contributed by atoms with Crippen molar-refractivity contribution in [3.63, 3.8) is 0 Å². The largest absolute Gasteiger partial charge is 0.366 e. The second-order valence-corrected chi connectivity index (χ2v) is 4.28. The summed E-state index contributed by atoms with van der Waals surface area (Å²) in [5, 5.41) is 7.04. The van der Waals surface area contributed by atoms with Gasteiger partial charge in [-0.3, -0.25) is 0 Å². The van der Waals surface area contributed by atoms with E-state index in [-0.39, 0.29) is 0 Å². The number of benzene rings is 1. The minimum atomic E-state index is 0.384. The van der Waals surface area contributed by atoms with Crippen LogP contribution in [0.2, 0.25) is 0 Å². The highest BCUT2D eigenvalue weighted by molar-refractivity contribution is 7.80. The van der Waals surface area contributed by atoms with Crippen molar-refractivity contribution in [1.29, 1.82) is 0 Å². The first-order valence-corrected chi connectivity index (χ1v) is 5.78. The fourth-order valence-electron chi connectivity index (χ4n) is 2.13. The molecule has 0 amide bonds. The van der Waals surface area contributed by atoms with Crippen LogP contribution in [0.4, 0.5) is 0 Å². The smallest absolute Gasteiger partial charge is 0.166 e. The van der Waals surface area contributed by atoms with E-state index < -0.39 is 0 Å². The lowest BCUT2D eigenvalue weighted by molar-refractivity contribution is 0.525. The zero-order chi connectivity index (χ0) is 10.7. The van der Waals surface area contributed by atoms with Gasteiger partial charge in [0.1, 0.15) is 0 Å². The van der Waals surface area contributed by atoms with E-state index in [0.717, 1.165) is 5.11 Å². The van der Waals surface area contributed by atoms with E-state index in [2.05, 4.69) is 34.9 Å². The van der Waals surface area contributed by atoms with Gasteiger partial charge in [-0.25, -0.2) is 0 Å². The zero-order valence-corrected chi connectivity index (χ0v) is 9.73. The van der Waals surface area contributed by atoms with Crippen LogP contribution in [0.15, 0.2) is 24.3 Å². The number of hydrogen-bond donors (Lipinski definition) is 2. The molecular weight excluding hydrogens is 204 g/mol. The third-order valence-electron chi connectivity index (χ3n) is 2.90. The normalized spacial score (nSPS) is 19.1. The molecular formula is C12H16N2S. The molecule has 0 saturated heterocycles. The topological polar surface area (TPSA) is 24.1 Å². The van der Waals surface area contributed by atoms with Crippen LogP contribution in [0.1, 0.15) is 30.0 Å². The Bertz CT molecular complexity index is 362. The molecule has 1 aromatic rings. The van der Waals surface area contributed by atoms with Crippen LogP contribution >= 0.6 is 12.2 Å². The maximum atomic E-state index is 5.14. The van der Waals surface area contributed by atoms with Crippen molar-refractivity contribution in [3.8, 4) is 0 Å². The van der Waals surface area contributed by atoms with Gasteiger partial charge in [0.25, 0.3) is 0 Å². The predicted octanol–water partition coefficient (Wildman–Crippen LogP) is 2.16. The van der Waals surface area contributed by atoms with E-state index in [0.29, 0.717) is 6.04 Å². The molecule has 0 aromatic heterocycles. The lowest BCUT2D eigenvalue weighted by Crippen LogP contribution is -2.36. The van der Waals surface area contributed by atoms with E-state index in [9.17, 15) is 0 Å². The molecule has 0 radical (unpaired) electrons. The number of hydrogen-bond acceptors (Lipinski definition) is 1. The maximum absolute atomic E-state index is 5.14. The van der Waals surface area contributed by atoms with E-state index >= 15 is 0 Å². The van der Waals surface area contributed by atoms with Crippen molar-refractivity contribution >= 4 is 17.3 Å². The first kappa shape index (κ1) is 10.4. The van der Waals surface area contributed by atoms with Crippen LogP contribution in [0.25, 0.3) is 0 Å². The Kier molecular flexibility index (Phi) is 3.21. The lowest BCUT2D eigenvalue weighted by atomic mass is 9.88. The molecule has 1 aliphatic carbocycles. The molecule has 3 heteroatoms. The van der Waals surface area contributed by atoms with Gasteiger partial charge in [-0.2, -0.15) is 0 Å². The van der Waals surface area contributed by atoms with E-state index in [1.54, 1.807) is 0 Å². The van der Waals surface area contributed by atoms with Gasteiger partial charge in [0.2, 0.25) is 0 Å². The average Bonchev–Trinajstić information content (AvgIpc) is 2.29. The number of rotatable bonds is 1. The molecule has 0 spiro atoms. The summed E-state index contributed by atoms with van der Waals surface area (Å²) in [6.07, 6.45) is 3.60. The second kappa shape index (κ2) is 4.62. The number of thiocarbonyl (C=S) groups is 1. The highest BCUT2D eigenvalue weighted by Gasteiger charge is 2.19. The summed E-state index contributed by atoms with van der Waals surface area (Å²) in [4.78, 5) is 0. The summed E-state index contributed by atoms with van der Waals surface area (Å²) in [6, 6.07) is 9.00. The molecule has 0 unspecified atom stereocenters. The maximum Gasteiger partial charge on any atom is 0.166 e. The van der Waals surface area contributed by atoms with Crippen molar-refractivity contribution < 1.29 is 0 Å². The Morgan fingerprint density at radius 1 is 1.40 bits per heavy atom. The van der Waals surface area contributed by atoms with E-state index in [1.807, 2.05) is 7.05 Å². The quantitative estimate of drug-likeness (QED) is 0.709. The minimum absolute atomic E-state index is 0.384. The van der Waals surface area contributed by atoms with Crippen molar-refractivity contribution in [2.45, 2.75) is 25.3 Å². The lowest BCUT2D eigenvalue weighted by Gasteiger charge is -2.27. The molecule has 1 atom stereocenters. The monoisotopic (exact) mass is 220 g/mol. The fourth-order valence-corrected chi connectivity index (χ4v) is 2.28. The molecule has 0 fully saturated rings. The molecule has 15 heavy (non-hydrogen) atoms. The first-order valence-electron chi connectivity index (χ1n) is 5.37. The Balaban J connectivity index is 2.18. The van der Waals surface area contributed by atoms with Crippen molar-refractivity contribution in [2.75, 3.05) is 7.05 Å². The Morgan fingerprint density at radius 3 is 3.00 bits per heavy atom. The SMILES string of the molecule is CNC(=S)N[C@@H]1CCCc2ccccc21. The van der Waals surface area contributed by atoms with Gasteiger partial charge in [0.15, 0.2) is 5.11 Å². The van der Waals surface area contributed by atoms with Crippen LogP contribution in [0.3, 0.4) is 0 Å². The van der Waals surface area contributed by atoms with Gasteiger partial charge in [-0.05, 0) is 42.6 Å². The van der Waals surface area contributed by atoms with Crippen molar-refractivity contribution in [1.82, 2.24) is 10.6 Å². The standard InChI is InChI=1S/C12H16N2S/c1-13-12(15)14-11-8-4-6-9-5-2-3-7-10(9)11/h2-3,5,7,11H,4,6,8H2,1H3,(H2,13,14,15)/t11-/m1/s1. The molecule has 2 N–H and O–H groups in total. The Hall–Kier alpha value is -1.09. The molecule has 2 nitrogen and oxygen atoms in total. The predicted molar refractivity (Wildman–Crippen MR) is 66.9 cm³/mol. The van der Waals surface area contributed by atoms with Gasteiger partial charge in [0, 0.05) is 7.05 Å². The van der Waals surface area contributed by atoms with Crippen LogP contribution in [-0.2, 0) is 6.42 Å². The zero-order valence-electron chi connectivity index (χ0n) is 8.92. The number of nitrogens with one attached hydrogen (secondary N) is 2. The molecule has 1 aliphatic rings. The highest BCUT2D eigenvalue weighted by atomic mass is 32.1. The molecule has 1 aromatic carbocycles. The van der Waals surface area contributed by atoms with Gasteiger partial charge in [-0.1, -0.05) is 24.3 Å². The summed E-state index contributed by atoms with van der Waals surface area (Å²) in [5.41, 5.74) is 2.86. The Morgan fingerprint density at radius 2 is 2.20 bits per heavy atom. The van der Waals surface area contributed by atoms with E-state index in [1.165, 1.54) is 30.4 Å². The van der Waals surface area contributed by atoms with Crippen molar-refractivity contribution in [3.05, 3.63) is 35.4 Å². The number of fused-ring (bicyclic) bond motifs is 1. The van der Waals surface area contributed by atoms with Crippen LogP contribution in [0, 0.1) is 0 Å². The first-order chi connectivity index (χ1) is 7.31. The summed E-state index contributed by atoms with van der Waals surface area (Å²) in [5.74, 6) is 0. The molecule has 2 rings (SSSR count). The molecule has 0 saturated carbocycles. The Labute approximate surface area is 96.1 Å². The molecule has 0 bridgehead atoms. The molecule has 0 aliphatic heterocycles. The summed E-state index contributed by atoms with van der Waals surface area (Å²) < 4.78 is 0. The second-order valence-electron chi connectivity index (χ2n) is 3.87. The van der Waals surface area contributed by atoms with E-state index in [4.69, 9.17) is 12.2 Å². The fraction of sp³-hybridized carbons (Fsp3) is 0.417. The number of aryl methyl sites for hydroxylation is 1. The third-order valence-corrected chi connectivity index (χ3v) is 3.22. The van der Waals surface area contributed by atoms with Gasteiger partial charge >= 0.3 is 0 Å². The van der Waals surface area contributed by atoms with Crippen LogP contribution in [-0.4, -0.2) is 12.2 Å². The van der Waals surface area contributed by atoms with Gasteiger partial charge in [-0.15, -0.1) is 0 Å². The summed E-state index contributed by atoms with van der Waals surface area (Å²) in [7, 11) is 1.85. The van der Waals surface area contributed by atoms with Gasteiger partial charge < -0.3 is 10.6 Å². The average molecular weight is 220 g/mol.